The van der Waals surface area contributed by atoms with E-state index in [4.69, 9.17) is 4.74 Å². The first-order chi connectivity index (χ1) is 14.8. The molecule has 0 spiro atoms. The SMILES string of the molecule is Cc1cc(N2C[C@H]3CC[C@@H](C2)[C@@H]3Nc2nc3c(O[C@@H](C)C(F)(F)F)nccn3n2)sn1. The van der Waals surface area contributed by atoms with Crippen molar-refractivity contribution in [3.05, 3.63) is 24.2 Å². The Labute approximate surface area is 180 Å². The van der Waals surface area contributed by atoms with Crippen LogP contribution in [0.3, 0.4) is 0 Å². The summed E-state index contributed by atoms with van der Waals surface area (Å²) in [5.41, 5.74) is 1.19. The van der Waals surface area contributed by atoms with Crippen molar-refractivity contribution in [3.63, 3.8) is 0 Å². The molecule has 4 heterocycles. The number of aromatic nitrogens is 5. The number of piperidine rings is 1. The number of hydrogen-bond donors (Lipinski definition) is 1. The van der Waals surface area contributed by atoms with Gasteiger partial charge in [-0.15, -0.1) is 5.10 Å². The number of nitrogens with one attached hydrogen (secondary N) is 1. The van der Waals surface area contributed by atoms with Gasteiger partial charge in [0.2, 0.25) is 11.6 Å². The van der Waals surface area contributed by atoms with Gasteiger partial charge in [0.1, 0.15) is 5.00 Å². The first kappa shape index (κ1) is 20.3. The molecule has 8 nitrogen and oxygen atoms in total. The molecule has 1 aliphatic heterocycles. The Balaban J connectivity index is 1.33. The highest BCUT2D eigenvalue weighted by Crippen LogP contribution is 2.41. The Kier molecular flexibility index (Phi) is 4.91. The normalized spacial score (nSPS) is 24.5. The van der Waals surface area contributed by atoms with E-state index in [1.807, 2.05) is 6.92 Å². The number of alkyl halides is 3. The van der Waals surface area contributed by atoms with Gasteiger partial charge in [-0.2, -0.15) is 22.5 Å². The van der Waals surface area contributed by atoms with Gasteiger partial charge in [0, 0.05) is 31.5 Å². The Hall–Kier alpha value is -2.63. The summed E-state index contributed by atoms with van der Waals surface area (Å²) in [5, 5.41) is 9.02. The number of nitrogens with zero attached hydrogens (tertiary/aromatic N) is 6. The molecule has 2 bridgehead atoms. The lowest BCUT2D eigenvalue weighted by molar-refractivity contribution is -0.189. The second-order valence-corrected chi connectivity index (χ2v) is 9.00. The molecule has 5 rings (SSSR count). The van der Waals surface area contributed by atoms with Crippen LogP contribution < -0.4 is 15.0 Å². The average molecular weight is 453 g/mol. The van der Waals surface area contributed by atoms with Crippen LogP contribution in [-0.4, -0.2) is 55.4 Å². The molecule has 0 unspecified atom stereocenters. The van der Waals surface area contributed by atoms with Crippen molar-refractivity contribution in [1.29, 1.82) is 0 Å². The largest absolute Gasteiger partial charge is 0.462 e. The number of aryl methyl sites for hydroxylation is 1. The van der Waals surface area contributed by atoms with Crippen LogP contribution in [0.2, 0.25) is 0 Å². The molecule has 31 heavy (non-hydrogen) atoms. The lowest BCUT2D eigenvalue weighted by Crippen LogP contribution is -2.48. The van der Waals surface area contributed by atoms with Gasteiger partial charge in [0.15, 0.2) is 6.10 Å². The van der Waals surface area contributed by atoms with Gasteiger partial charge < -0.3 is 15.0 Å². The summed E-state index contributed by atoms with van der Waals surface area (Å²) in [6.45, 7) is 4.81. The van der Waals surface area contributed by atoms with Crippen molar-refractivity contribution < 1.29 is 17.9 Å². The van der Waals surface area contributed by atoms with Crippen LogP contribution in [0.15, 0.2) is 18.5 Å². The number of anilines is 2. The lowest BCUT2D eigenvalue weighted by atomic mass is 9.92. The predicted molar refractivity (Wildman–Crippen MR) is 110 cm³/mol. The first-order valence-corrected chi connectivity index (χ1v) is 10.9. The standard InChI is InChI=1S/C19H22F3N7OS/c1-10-7-14(31-27-10)28-8-12-3-4-13(9-28)15(12)24-18-25-16-17(23-5-6-29(16)26-18)30-11(2)19(20,21)22/h5-7,11-13,15H,3-4,8-9H2,1-2H3,(H,24,26)/t11-,12-,13+,15-/m0/s1. The quantitative estimate of drug-likeness (QED) is 0.633. The highest BCUT2D eigenvalue weighted by atomic mass is 32.1. The van der Waals surface area contributed by atoms with Gasteiger partial charge in [0.25, 0.3) is 5.88 Å². The third-order valence-electron chi connectivity index (χ3n) is 6.03. The van der Waals surface area contributed by atoms with Crippen molar-refractivity contribution in [3.8, 4) is 5.88 Å². The van der Waals surface area contributed by atoms with Crippen LogP contribution >= 0.6 is 11.5 Å². The summed E-state index contributed by atoms with van der Waals surface area (Å²) in [6.07, 6.45) is -1.36. The van der Waals surface area contributed by atoms with Gasteiger partial charge in [-0.25, -0.2) is 9.50 Å². The second kappa shape index (κ2) is 7.50. The number of fused-ring (bicyclic) bond motifs is 3. The van der Waals surface area contributed by atoms with E-state index in [-0.39, 0.29) is 17.6 Å². The van der Waals surface area contributed by atoms with Gasteiger partial charge in [-0.3, -0.25) is 0 Å². The molecule has 1 aliphatic carbocycles. The van der Waals surface area contributed by atoms with Crippen LogP contribution in [-0.2, 0) is 0 Å². The van der Waals surface area contributed by atoms with E-state index in [0.29, 0.717) is 17.8 Å². The van der Waals surface area contributed by atoms with E-state index in [9.17, 15) is 13.2 Å². The van der Waals surface area contributed by atoms with Gasteiger partial charge in [-0.1, -0.05) is 0 Å². The van der Waals surface area contributed by atoms with Crippen molar-refractivity contribution in [2.75, 3.05) is 23.3 Å². The van der Waals surface area contributed by atoms with E-state index in [1.54, 1.807) is 6.20 Å². The molecule has 2 fully saturated rings. The summed E-state index contributed by atoms with van der Waals surface area (Å²) in [7, 11) is 0. The van der Waals surface area contributed by atoms with Crippen LogP contribution in [0.4, 0.5) is 24.1 Å². The molecule has 2 aliphatic rings. The molecule has 4 atom stereocenters. The van der Waals surface area contributed by atoms with Gasteiger partial charge >= 0.3 is 6.18 Å². The van der Waals surface area contributed by atoms with E-state index in [2.05, 4.69) is 35.7 Å². The van der Waals surface area contributed by atoms with Crippen molar-refractivity contribution in [2.24, 2.45) is 11.8 Å². The fourth-order valence-corrected chi connectivity index (χ4v) is 5.24. The zero-order valence-electron chi connectivity index (χ0n) is 17.0. The first-order valence-electron chi connectivity index (χ1n) is 10.2. The Bertz CT molecular complexity index is 1070. The van der Waals surface area contributed by atoms with Crippen LogP contribution in [0.25, 0.3) is 5.65 Å². The highest BCUT2D eigenvalue weighted by molar-refractivity contribution is 7.10. The Morgan fingerprint density at radius 1 is 1.26 bits per heavy atom. The van der Waals surface area contributed by atoms with Crippen molar-refractivity contribution in [2.45, 2.75) is 45.0 Å². The van der Waals surface area contributed by atoms with Gasteiger partial charge in [-0.05, 0) is 56.1 Å². The molecule has 0 aromatic carbocycles. The number of rotatable bonds is 5. The molecule has 166 valence electrons. The Morgan fingerprint density at radius 3 is 2.65 bits per heavy atom. The molecular weight excluding hydrogens is 431 g/mol. The maximum absolute atomic E-state index is 12.9. The van der Waals surface area contributed by atoms with E-state index < -0.39 is 12.3 Å². The summed E-state index contributed by atoms with van der Waals surface area (Å²) >= 11 is 1.53. The molecule has 1 saturated heterocycles. The summed E-state index contributed by atoms with van der Waals surface area (Å²) in [5.74, 6) is 1.06. The smallest absolute Gasteiger partial charge is 0.425 e. The second-order valence-electron chi connectivity index (χ2n) is 8.22. The monoisotopic (exact) mass is 453 g/mol. The fraction of sp³-hybridized carbons (Fsp3) is 0.579. The zero-order chi connectivity index (χ0) is 21.8. The van der Waals surface area contributed by atoms with Gasteiger partial charge in [0.05, 0.1) is 5.69 Å². The minimum absolute atomic E-state index is 0.158. The topological polar surface area (TPSA) is 80.5 Å². The molecule has 12 heteroatoms. The Morgan fingerprint density at radius 2 is 2.00 bits per heavy atom. The maximum atomic E-state index is 12.9. The lowest BCUT2D eigenvalue weighted by Gasteiger charge is -2.38. The third-order valence-corrected chi connectivity index (χ3v) is 6.97. The summed E-state index contributed by atoms with van der Waals surface area (Å²) in [6, 6.07) is 2.34. The van der Waals surface area contributed by atoms with Crippen LogP contribution in [0.5, 0.6) is 5.88 Å². The van der Waals surface area contributed by atoms with E-state index in [1.165, 1.54) is 27.2 Å². The molecule has 3 aromatic heterocycles. The fourth-order valence-electron chi connectivity index (χ4n) is 4.46. The average Bonchev–Trinajstić information content (AvgIpc) is 3.38. The number of ether oxygens (including phenoxy) is 1. The molecule has 3 aromatic rings. The van der Waals surface area contributed by atoms with Crippen LogP contribution in [0, 0.1) is 18.8 Å². The van der Waals surface area contributed by atoms with E-state index >= 15 is 0 Å². The molecule has 1 N–H and O–H groups in total. The highest BCUT2D eigenvalue weighted by Gasteiger charge is 2.43. The molecular formula is C19H22F3N7OS. The van der Waals surface area contributed by atoms with Crippen LogP contribution in [0.1, 0.15) is 25.5 Å². The number of hydrogen-bond acceptors (Lipinski definition) is 8. The summed E-state index contributed by atoms with van der Waals surface area (Å²) < 4.78 is 49.4. The third kappa shape index (κ3) is 3.88. The van der Waals surface area contributed by atoms with Crippen molar-refractivity contribution >= 4 is 28.1 Å². The minimum Gasteiger partial charge on any atom is -0.462 e. The molecule has 1 saturated carbocycles. The zero-order valence-corrected chi connectivity index (χ0v) is 17.8. The molecule has 0 amide bonds. The summed E-state index contributed by atoms with van der Waals surface area (Å²) in [4.78, 5) is 10.7. The maximum Gasteiger partial charge on any atom is 0.425 e. The van der Waals surface area contributed by atoms with Crippen molar-refractivity contribution in [1.82, 2.24) is 24.0 Å². The number of halogens is 3. The molecule has 0 radical (unpaired) electrons. The van der Waals surface area contributed by atoms with E-state index in [0.717, 1.165) is 38.5 Å². The predicted octanol–water partition coefficient (Wildman–Crippen LogP) is 3.55. The minimum atomic E-state index is -4.49.